The second-order valence-corrected chi connectivity index (χ2v) is 5.65. The van der Waals surface area contributed by atoms with Gasteiger partial charge in [0.1, 0.15) is 5.76 Å². The summed E-state index contributed by atoms with van der Waals surface area (Å²) >= 11 is 0. The maximum absolute atomic E-state index is 11.9. The summed E-state index contributed by atoms with van der Waals surface area (Å²) < 4.78 is 5.14. The molecule has 1 saturated heterocycles. The molecule has 116 valence electrons. The Bertz CT molecular complexity index is 486. The third-order valence-electron chi connectivity index (χ3n) is 4.02. The Kier molecular flexibility index (Phi) is 5.01. The summed E-state index contributed by atoms with van der Waals surface area (Å²) in [4.78, 5) is 25.3. The van der Waals surface area contributed by atoms with Gasteiger partial charge in [0.15, 0.2) is 0 Å². The lowest BCUT2D eigenvalue weighted by atomic mass is 9.83. The van der Waals surface area contributed by atoms with E-state index in [1.165, 1.54) is 0 Å². The first-order valence-corrected chi connectivity index (χ1v) is 7.30. The van der Waals surface area contributed by atoms with Crippen molar-refractivity contribution >= 4 is 11.9 Å². The zero-order valence-corrected chi connectivity index (χ0v) is 12.3. The van der Waals surface area contributed by atoms with Gasteiger partial charge in [-0.25, -0.2) is 0 Å². The average Bonchev–Trinajstić information content (AvgIpc) is 3.07. The molecule has 1 aliphatic rings. The normalized spacial score (nSPS) is 22.3. The van der Waals surface area contributed by atoms with E-state index in [1.54, 1.807) is 18.4 Å². The Morgan fingerprint density at radius 3 is 2.95 bits per heavy atom. The van der Waals surface area contributed by atoms with Gasteiger partial charge in [0, 0.05) is 6.54 Å². The van der Waals surface area contributed by atoms with Crippen LogP contribution in [-0.2, 0) is 16.1 Å². The van der Waals surface area contributed by atoms with Crippen molar-refractivity contribution in [3.8, 4) is 0 Å². The Balaban J connectivity index is 1.81. The van der Waals surface area contributed by atoms with Crippen molar-refractivity contribution in [3.05, 3.63) is 24.2 Å². The number of likely N-dealkylation sites (tertiary alicyclic amines) is 1. The van der Waals surface area contributed by atoms with Crippen molar-refractivity contribution in [2.24, 2.45) is 5.41 Å². The number of nitrogens with zero attached hydrogens (tertiary/aromatic N) is 1. The van der Waals surface area contributed by atoms with Crippen molar-refractivity contribution in [1.82, 2.24) is 10.2 Å². The molecule has 21 heavy (non-hydrogen) atoms. The van der Waals surface area contributed by atoms with E-state index in [2.05, 4.69) is 5.32 Å². The summed E-state index contributed by atoms with van der Waals surface area (Å²) in [5, 5.41) is 12.2. The molecule has 0 aromatic carbocycles. The van der Waals surface area contributed by atoms with Crippen LogP contribution in [0.4, 0.5) is 0 Å². The molecule has 2 heterocycles. The number of carbonyl (C=O) groups is 2. The molecule has 6 nitrogen and oxygen atoms in total. The van der Waals surface area contributed by atoms with Crippen LogP contribution in [0.3, 0.4) is 0 Å². The standard InChI is InChI=1S/C15H22N2O4/c1-2-5-15(14(19)20)6-7-17(11-15)10-13(18)16-9-12-4-3-8-21-12/h3-4,8H,2,5-7,9-11H2,1H3,(H,16,18)(H,19,20). The molecule has 6 heteroatoms. The highest BCUT2D eigenvalue weighted by Gasteiger charge is 2.44. The first-order chi connectivity index (χ1) is 10.1. The second kappa shape index (κ2) is 6.76. The SMILES string of the molecule is CCCC1(C(=O)O)CCN(CC(=O)NCc2ccco2)C1. The molecule has 1 unspecified atom stereocenters. The van der Waals surface area contributed by atoms with Crippen molar-refractivity contribution in [1.29, 1.82) is 0 Å². The molecule has 0 saturated carbocycles. The summed E-state index contributed by atoms with van der Waals surface area (Å²) in [6.45, 7) is 3.69. The van der Waals surface area contributed by atoms with Crippen LogP contribution in [-0.4, -0.2) is 41.5 Å². The second-order valence-electron chi connectivity index (χ2n) is 5.65. The minimum absolute atomic E-state index is 0.107. The Labute approximate surface area is 124 Å². The number of furan rings is 1. The van der Waals surface area contributed by atoms with E-state index in [-0.39, 0.29) is 12.5 Å². The van der Waals surface area contributed by atoms with Gasteiger partial charge in [0.05, 0.1) is 24.8 Å². The molecule has 1 aromatic heterocycles. The van der Waals surface area contributed by atoms with Gasteiger partial charge in [-0.3, -0.25) is 14.5 Å². The number of nitrogens with one attached hydrogen (secondary N) is 1. The number of carboxylic acids is 1. The quantitative estimate of drug-likeness (QED) is 0.796. The summed E-state index contributed by atoms with van der Waals surface area (Å²) in [7, 11) is 0. The molecule has 1 amide bonds. The van der Waals surface area contributed by atoms with Crippen LogP contribution in [0, 0.1) is 5.41 Å². The molecule has 1 aliphatic heterocycles. The zero-order chi connectivity index (χ0) is 15.3. The molecule has 2 rings (SSSR count). The molecule has 0 bridgehead atoms. The number of carbonyl (C=O) groups excluding carboxylic acids is 1. The summed E-state index contributed by atoms with van der Waals surface area (Å²) in [5.74, 6) is -0.150. The molecule has 0 radical (unpaired) electrons. The fourth-order valence-corrected chi connectivity index (χ4v) is 2.92. The van der Waals surface area contributed by atoms with Crippen LogP contribution in [0.1, 0.15) is 31.9 Å². The van der Waals surface area contributed by atoms with Crippen LogP contribution in [0.2, 0.25) is 0 Å². The van der Waals surface area contributed by atoms with Crippen molar-refractivity contribution in [2.45, 2.75) is 32.7 Å². The lowest BCUT2D eigenvalue weighted by Crippen LogP contribution is -2.39. The average molecular weight is 294 g/mol. The lowest BCUT2D eigenvalue weighted by Gasteiger charge is -2.24. The lowest BCUT2D eigenvalue weighted by molar-refractivity contribution is -0.148. The molecule has 1 fully saturated rings. The highest BCUT2D eigenvalue weighted by atomic mass is 16.4. The van der Waals surface area contributed by atoms with Crippen LogP contribution < -0.4 is 5.32 Å². The maximum atomic E-state index is 11.9. The first kappa shape index (κ1) is 15.6. The van der Waals surface area contributed by atoms with E-state index in [9.17, 15) is 14.7 Å². The molecule has 1 atom stereocenters. The molecule has 0 spiro atoms. The van der Waals surface area contributed by atoms with E-state index < -0.39 is 11.4 Å². The predicted octanol–water partition coefficient (Wildman–Crippen LogP) is 1.47. The molecular formula is C15H22N2O4. The predicted molar refractivity (Wildman–Crippen MR) is 76.6 cm³/mol. The number of amides is 1. The molecule has 1 aromatic rings. The van der Waals surface area contributed by atoms with E-state index >= 15 is 0 Å². The fraction of sp³-hybridized carbons (Fsp3) is 0.600. The molecule has 0 aliphatic carbocycles. The minimum atomic E-state index is -0.747. The smallest absolute Gasteiger partial charge is 0.310 e. The summed E-state index contributed by atoms with van der Waals surface area (Å²) in [6.07, 6.45) is 3.67. The van der Waals surface area contributed by atoms with Gasteiger partial charge in [0.2, 0.25) is 5.91 Å². The number of hydrogen-bond donors (Lipinski definition) is 2. The zero-order valence-electron chi connectivity index (χ0n) is 12.3. The van der Waals surface area contributed by atoms with Gasteiger partial charge in [-0.15, -0.1) is 0 Å². The van der Waals surface area contributed by atoms with Gasteiger partial charge in [-0.05, 0) is 31.5 Å². The van der Waals surface area contributed by atoms with Gasteiger partial charge in [0.25, 0.3) is 0 Å². The van der Waals surface area contributed by atoms with E-state index in [0.29, 0.717) is 38.2 Å². The van der Waals surface area contributed by atoms with Crippen LogP contribution in [0.5, 0.6) is 0 Å². The third kappa shape index (κ3) is 3.85. The third-order valence-corrected chi connectivity index (χ3v) is 4.02. The van der Waals surface area contributed by atoms with E-state index in [1.807, 2.05) is 11.8 Å². The number of hydrogen-bond acceptors (Lipinski definition) is 4. The molecular weight excluding hydrogens is 272 g/mol. The molecule has 2 N–H and O–H groups in total. The van der Waals surface area contributed by atoms with Crippen molar-refractivity contribution in [2.75, 3.05) is 19.6 Å². The van der Waals surface area contributed by atoms with Gasteiger partial charge in [-0.1, -0.05) is 13.3 Å². The van der Waals surface area contributed by atoms with Crippen molar-refractivity contribution in [3.63, 3.8) is 0 Å². The summed E-state index contributed by atoms with van der Waals surface area (Å²) in [6, 6.07) is 3.57. The number of aliphatic carboxylic acids is 1. The van der Waals surface area contributed by atoms with Gasteiger partial charge >= 0.3 is 5.97 Å². The highest BCUT2D eigenvalue weighted by molar-refractivity contribution is 5.79. The summed E-state index contributed by atoms with van der Waals surface area (Å²) in [5.41, 5.74) is -0.684. The van der Waals surface area contributed by atoms with Crippen LogP contribution >= 0.6 is 0 Å². The Hall–Kier alpha value is -1.82. The Morgan fingerprint density at radius 1 is 1.52 bits per heavy atom. The van der Waals surface area contributed by atoms with Crippen LogP contribution in [0.25, 0.3) is 0 Å². The van der Waals surface area contributed by atoms with E-state index in [0.717, 1.165) is 6.42 Å². The topological polar surface area (TPSA) is 82.8 Å². The highest BCUT2D eigenvalue weighted by Crippen LogP contribution is 2.35. The van der Waals surface area contributed by atoms with Gasteiger partial charge in [-0.2, -0.15) is 0 Å². The maximum Gasteiger partial charge on any atom is 0.310 e. The number of carboxylic acid groups (broad SMARTS) is 1. The Morgan fingerprint density at radius 2 is 2.33 bits per heavy atom. The first-order valence-electron chi connectivity index (χ1n) is 7.30. The van der Waals surface area contributed by atoms with Crippen LogP contribution in [0.15, 0.2) is 22.8 Å². The number of rotatable bonds is 7. The largest absolute Gasteiger partial charge is 0.481 e. The van der Waals surface area contributed by atoms with E-state index in [4.69, 9.17) is 4.42 Å². The van der Waals surface area contributed by atoms with Gasteiger partial charge < -0.3 is 14.8 Å². The minimum Gasteiger partial charge on any atom is -0.481 e. The van der Waals surface area contributed by atoms with Crippen molar-refractivity contribution < 1.29 is 19.1 Å². The fourth-order valence-electron chi connectivity index (χ4n) is 2.92. The monoisotopic (exact) mass is 294 g/mol.